The molecule has 1 atom stereocenters. The van der Waals surface area contributed by atoms with Gasteiger partial charge in [0.2, 0.25) is 0 Å². The van der Waals surface area contributed by atoms with Crippen LogP contribution in [-0.2, 0) is 16.6 Å². The summed E-state index contributed by atoms with van der Waals surface area (Å²) >= 11 is 0. The van der Waals surface area contributed by atoms with Crippen LogP contribution < -0.4 is 5.43 Å². The first-order chi connectivity index (χ1) is 14.2. The first-order valence-corrected chi connectivity index (χ1v) is 10.2. The molecule has 0 radical (unpaired) electrons. The van der Waals surface area contributed by atoms with Crippen LogP contribution in [-0.4, -0.2) is 45.1 Å². The Morgan fingerprint density at radius 3 is 2.67 bits per heavy atom. The van der Waals surface area contributed by atoms with Crippen molar-refractivity contribution >= 4 is 18.0 Å². The summed E-state index contributed by atoms with van der Waals surface area (Å²) in [4.78, 5) is 29.7. The number of carbonyl (C=O) groups excluding carboxylic acids is 2. The number of allylic oxidation sites excluding steroid dienone is 1. The van der Waals surface area contributed by atoms with Crippen molar-refractivity contribution in [1.82, 2.24) is 20.0 Å². The second-order valence-electron chi connectivity index (χ2n) is 9.18. The van der Waals surface area contributed by atoms with E-state index in [0.29, 0.717) is 25.9 Å². The van der Waals surface area contributed by atoms with Crippen molar-refractivity contribution < 1.29 is 14.3 Å². The predicted molar refractivity (Wildman–Crippen MR) is 114 cm³/mol. The molecule has 30 heavy (non-hydrogen) atoms. The SMILES string of the molecule is Cn1cnc(-c2ccccc2/C=C2\CC3(CCN(C(=O)OC(C)(C)C)NC3)C2=O)c1. The van der Waals surface area contributed by atoms with Gasteiger partial charge in [0.25, 0.3) is 0 Å². The van der Waals surface area contributed by atoms with E-state index in [1.807, 2.05) is 68.9 Å². The normalized spacial score (nSPS) is 23.0. The first kappa shape index (κ1) is 20.3. The highest BCUT2D eigenvalue weighted by Crippen LogP contribution is 2.46. The van der Waals surface area contributed by atoms with Gasteiger partial charge in [-0.05, 0) is 50.8 Å². The summed E-state index contributed by atoms with van der Waals surface area (Å²) in [7, 11) is 1.94. The van der Waals surface area contributed by atoms with Crippen LogP contribution in [0.5, 0.6) is 0 Å². The number of Topliss-reactive ketones (excluding diaryl/α,β-unsaturated/α-hetero) is 1. The van der Waals surface area contributed by atoms with E-state index in [-0.39, 0.29) is 5.78 Å². The Balaban J connectivity index is 1.45. The average molecular weight is 409 g/mol. The quantitative estimate of drug-likeness (QED) is 0.769. The zero-order chi connectivity index (χ0) is 21.5. The van der Waals surface area contributed by atoms with E-state index in [2.05, 4.69) is 10.4 Å². The monoisotopic (exact) mass is 408 g/mol. The third kappa shape index (κ3) is 3.89. The number of ether oxygens (including phenoxy) is 1. The van der Waals surface area contributed by atoms with Gasteiger partial charge in [0, 0.05) is 31.9 Å². The molecule has 2 heterocycles. The van der Waals surface area contributed by atoms with Gasteiger partial charge in [-0.25, -0.2) is 20.2 Å². The van der Waals surface area contributed by atoms with E-state index in [0.717, 1.165) is 22.4 Å². The number of nitrogens with zero attached hydrogens (tertiary/aromatic N) is 3. The number of carbonyl (C=O) groups is 2. The fourth-order valence-corrected chi connectivity index (χ4v) is 4.03. The molecule has 1 amide bonds. The van der Waals surface area contributed by atoms with Crippen LogP contribution in [0.4, 0.5) is 4.79 Å². The minimum absolute atomic E-state index is 0.162. The number of aryl methyl sites for hydroxylation is 1. The van der Waals surface area contributed by atoms with E-state index >= 15 is 0 Å². The van der Waals surface area contributed by atoms with Gasteiger partial charge in [-0.3, -0.25) is 4.79 Å². The van der Waals surface area contributed by atoms with E-state index in [1.165, 1.54) is 5.01 Å². The van der Waals surface area contributed by atoms with Crippen molar-refractivity contribution in [2.24, 2.45) is 12.5 Å². The number of aromatic nitrogens is 2. The zero-order valence-corrected chi connectivity index (χ0v) is 17.9. The summed E-state index contributed by atoms with van der Waals surface area (Å²) in [5.41, 5.74) is 5.83. The average Bonchev–Trinajstić information content (AvgIpc) is 3.13. The maximum atomic E-state index is 13.0. The molecule has 1 aliphatic carbocycles. The Kier molecular flexibility index (Phi) is 5.02. The van der Waals surface area contributed by atoms with Gasteiger partial charge >= 0.3 is 6.09 Å². The lowest BCUT2D eigenvalue weighted by Gasteiger charge is -2.47. The Bertz CT molecular complexity index is 1010. The lowest BCUT2D eigenvalue weighted by molar-refractivity contribution is -0.134. The minimum Gasteiger partial charge on any atom is -0.443 e. The summed E-state index contributed by atoms with van der Waals surface area (Å²) in [5, 5.41) is 1.47. The molecule has 7 heteroatoms. The fraction of sp³-hybridized carbons (Fsp3) is 0.435. The Morgan fingerprint density at radius 2 is 2.07 bits per heavy atom. The standard InChI is InChI=1S/C23H28N4O3/c1-22(2,3)30-21(29)27-10-9-23(14-25-27)12-17(20(23)28)11-16-7-5-6-8-18(16)19-13-26(4)15-24-19/h5-8,11,13,15,25H,9-10,12,14H2,1-4H3/b17-11+. The van der Waals surface area contributed by atoms with Gasteiger partial charge in [-0.15, -0.1) is 0 Å². The number of imidazole rings is 1. The van der Waals surface area contributed by atoms with Crippen molar-refractivity contribution in [1.29, 1.82) is 0 Å². The second kappa shape index (κ2) is 7.40. The number of rotatable bonds is 2. The molecule has 1 spiro atoms. The van der Waals surface area contributed by atoms with E-state index in [9.17, 15) is 9.59 Å². The molecule has 7 nitrogen and oxygen atoms in total. The molecule has 2 aromatic rings. The minimum atomic E-state index is -0.545. The predicted octanol–water partition coefficient (Wildman–Crippen LogP) is 3.58. The number of benzene rings is 1. The molecule has 158 valence electrons. The van der Waals surface area contributed by atoms with Gasteiger partial charge in [0.1, 0.15) is 5.60 Å². The Morgan fingerprint density at radius 1 is 1.30 bits per heavy atom. The van der Waals surface area contributed by atoms with E-state index < -0.39 is 17.1 Å². The smallest absolute Gasteiger partial charge is 0.424 e. The molecule has 1 saturated heterocycles. The number of nitrogens with one attached hydrogen (secondary N) is 1. The van der Waals surface area contributed by atoms with Crippen molar-refractivity contribution in [3.05, 3.63) is 47.9 Å². The molecule has 2 aliphatic rings. The highest BCUT2D eigenvalue weighted by atomic mass is 16.6. The molecule has 1 aliphatic heterocycles. The molecule has 1 aromatic heterocycles. The van der Waals surface area contributed by atoms with Crippen molar-refractivity contribution in [3.8, 4) is 11.3 Å². The number of hydrazine groups is 1. The molecule has 1 N–H and O–H groups in total. The maximum absolute atomic E-state index is 13.0. The van der Waals surface area contributed by atoms with Crippen LogP contribution in [0.3, 0.4) is 0 Å². The molecule has 4 rings (SSSR count). The van der Waals surface area contributed by atoms with Gasteiger partial charge < -0.3 is 9.30 Å². The lowest BCUT2D eigenvalue weighted by Crippen LogP contribution is -2.61. The zero-order valence-electron chi connectivity index (χ0n) is 17.9. The van der Waals surface area contributed by atoms with Crippen LogP contribution in [0.2, 0.25) is 0 Å². The van der Waals surface area contributed by atoms with Crippen LogP contribution in [0, 0.1) is 5.41 Å². The summed E-state index contributed by atoms with van der Waals surface area (Å²) in [6, 6.07) is 7.98. The van der Waals surface area contributed by atoms with Crippen LogP contribution >= 0.6 is 0 Å². The summed E-state index contributed by atoms with van der Waals surface area (Å²) in [6.07, 6.45) is 6.67. The molecular weight excluding hydrogens is 380 g/mol. The summed E-state index contributed by atoms with van der Waals surface area (Å²) < 4.78 is 7.31. The molecule has 1 aromatic carbocycles. The summed E-state index contributed by atoms with van der Waals surface area (Å²) in [5.74, 6) is 0.162. The number of hydrogen-bond donors (Lipinski definition) is 1. The Labute approximate surface area is 176 Å². The molecular formula is C23H28N4O3. The van der Waals surface area contributed by atoms with Crippen LogP contribution in [0.25, 0.3) is 17.3 Å². The largest absolute Gasteiger partial charge is 0.443 e. The lowest BCUT2D eigenvalue weighted by atomic mass is 9.61. The van der Waals surface area contributed by atoms with Crippen LogP contribution in [0.1, 0.15) is 39.2 Å². The molecule has 1 unspecified atom stereocenters. The van der Waals surface area contributed by atoms with Crippen molar-refractivity contribution in [2.45, 2.75) is 39.2 Å². The Hall–Kier alpha value is -2.93. The van der Waals surface area contributed by atoms with Crippen molar-refractivity contribution in [3.63, 3.8) is 0 Å². The molecule has 2 fully saturated rings. The maximum Gasteiger partial charge on any atom is 0.424 e. The number of ketones is 1. The van der Waals surface area contributed by atoms with Crippen molar-refractivity contribution in [2.75, 3.05) is 13.1 Å². The van der Waals surface area contributed by atoms with Gasteiger partial charge in [-0.1, -0.05) is 24.3 Å². The first-order valence-electron chi connectivity index (χ1n) is 10.2. The second-order valence-corrected chi connectivity index (χ2v) is 9.18. The van der Waals surface area contributed by atoms with Gasteiger partial charge in [0.15, 0.2) is 5.78 Å². The molecule has 0 bridgehead atoms. The summed E-state index contributed by atoms with van der Waals surface area (Å²) in [6.45, 7) is 6.42. The number of hydrogen-bond acceptors (Lipinski definition) is 5. The number of amides is 1. The van der Waals surface area contributed by atoms with E-state index in [1.54, 1.807) is 6.33 Å². The molecule has 1 saturated carbocycles. The highest BCUT2D eigenvalue weighted by molar-refractivity contribution is 6.10. The topological polar surface area (TPSA) is 76.5 Å². The van der Waals surface area contributed by atoms with E-state index in [4.69, 9.17) is 4.74 Å². The third-order valence-electron chi connectivity index (χ3n) is 5.61. The fourth-order valence-electron chi connectivity index (χ4n) is 4.03. The van der Waals surface area contributed by atoms with Gasteiger partial charge in [-0.2, -0.15) is 0 Å². The van der Waals surface area contributed by atoms with Crippen LogP contribution in [0.15, 0.2) is 42.4 Å². The third-order valence-corrected chi connectivity index (χ3v) is 5.61. The highest BCUT2D eigenvalue weighted by Gasteiger charge is 2.51. The van der Waals surface area contributed by atoms with Gasteiger partial charge in [0.05, 0.1) is 17.4 Å².